The van der Waals surface area contributed by atoms with Crippen LogP contribution in [0, 0.1) is 6.92 Å². The van der Waals surface area contributed by atoms with Gasteiger partial charge in [0.1, 0.15) is 11.3 Å². The van der Waals surface area contributed by atoms with Crippen LogP contribution in [0.25, 0.3) is 33.1 Å². The highest BCUT2D eigenvalue weighted by Crippen LogP contribution is 2.36. The Kier molecular flexibility index (Phi) is 3.50. The molecule has 0 radical (unpaired) electrons. The molecule has 0 aliphatic rings. The zero-order valence-corrected chi connectivity index (χ0v) is 13.9. The summed E-state index contributed by atoms with van der Waals surface area (Å²) in [6, 6.07) is 9.52. The van der Waals surface area contributed by atoms with Gasteiger partial charge in [-0.25, -0.2) is 0 Å². The lowest BCUT2D eigenvalue weighted by Gasteiger charge is -2.07. The van der Waals surface area contributed by atoms with Crippen LogP contribution in [-0.2, 0) is 0 Å². The van der Waals surface area contributed by atoms with E-state index >= 15 is 0 Å². The molecule has 0 saturated heterocycles. The van der Waals surface area contributed by atoms with Crippen LogP contribution in [0.4, 0.5) is 0 Å². The van der Waals surface area contributed by atoms with Crippen LogP contribution in [0.1, 0.15) is 5.69 Å². The second-order valence-electron chi connectivity index (χ2n) is 5.42. The summed E-state index contributed by atoms with van der Waals surface area (Å²) in [5.41, 5.74) is 3.85. The van der Waals surface area contributed by atoms with E-state index in [0.29, 0.717) is 16.3 Å². The number of ether oxygens (including phenoxy) is 1. The molecule has 4 aromatic rings. The molecule has 2 aromatic heterocycles. The number of halogens is 1. The molecule has 118 valence electrons. The molecule has 0 unspecified atom stereocenters. The minimum absolute atomic E-state index is 0.634. The van der Waals surface area contributed by atoms with Crippen LogP contribution < -0.4 is 4.74 Å². The van der Waals surface area contributed by atoms with Crippen LogP contribution in [0.2, 0.25) is 5.02 Å². The van der Waals surface area contributed by atoms with Gasteiger partial charge in [-0.05, 0) is 19.1 Å². The summed E-state index contributed by atoms with van der Waals surface area (Å²) in [5, 5.41) is 10.5. The Balaban J connectivity index is 2.23. The standard InChI is InChI=1S/C18H13ClN4O/c1-10-8-20-16-12(7-15(24-2)18-13(16)9-21-23-18)17(22-10)11-5-3-4-6-14(11)19/h3-9H,1-2H3. The Morgan fingerprint density at radius 2 is 1.88 bits per heavy atom. The quantitative estimate of drug-likeness (QED) is 0.548. The summed E-state index contributed by atoms with van der Waals surface area (Å²) >= 11 is 6.41. The molecule has 2 heterocycles. The first kappa shape index (κ1) is 14.8. The molecule has 0 saturated carbocycles. The van der Waals surface area contributed by atoms with Crippen LogP contribution >= 0.6 is 11.6 Å². The van der Waals surface area contributed by atoms with Crippen molar-refractivity contribution in [1.29, 1.82) is 0 Å². The first-order valence-corrected chi connectivity index (χ1v) is 7.77. The molecule has 0 atom stereocenters. The van der Waals surface area contributed by atoms with Gasteiger partial charge in [0.15, 0.2) is 0 Å². The van der Waals surface area contributed by atoms with Crippen molar-refractivity contribution in [3.05, 3.63) is 53.4 Å². The van der Waals surface area contributed by atoms with Crippen molar-refractivity contribution in [3.8, 4) is 17.0 Å². The second-order valence-corrected chi connectivity index (χ2v) is 5.83. The third-order valence-corrected chi connectivity index (χ3v) is 4.22. The summed E-state index contributed by atoms with van der Waals surface area (Å²) in [7, 11) is 1.61. The normalized spacial score (nSPS) is 11.1. The van der Waals surface area contributed by atoms with E-state index in [9.17, 15) is 0 Å². The van der Waals surface area contributed by atoms with Crippen LogP contribution in [0.3, 0.4) is 0 Å². The fourth-order valence-electron chi connectivity index (χ4n) is 2.78. The summed E-state index contributed by atoms with van der Waals surface area (Å²) in [4.78, 5) is 9.31. The van der Waals surface area contributed by atoms with E-state index in [1.54, 1.807) is 19.5 Å². The lowest BCUT2D eigenvalue weighted by molar-refractivity contribution is 0.419. The Morgan fingerprint density at radius 3 is 2.67 bits per heavy atom. The molecule has 5 nitrogen and oxygen atoms in total. The topological polar surface area (TPSA) is 60.8 Å². The van der Waals surface area contributed by atoms with E-state index in [-0.39, 0.29) is 0 Å². The third kappa shape index (κ3) is 2.25. The van der Waals surface area contributed by atoms with Gasteiger partial charge in [-0.15, -0.1) is 5.10 Å². The van der Waals surface area contributed by atoms with Crippen molar-refractivity contribution in [1.82, 2.24) is 20.2 Å². The molecule has 0 amide bonds. The molecule has 0 bridgehead atoms. The molecule has 0 spiro atoms. The molecule has 0 fully saturated rings. The Hall–Kier alpha value is -2.79. The monoisotopic (exact) mass is 336 g/mol. The average Bonchev–Trinajstić information content (AvgIpc) is 3.01. The fourth-order valence-corrected chi connectivity index (χ4v) is 3.01. The molecule has 0 aliphatic carbocycles. The van der Waals surface area contributed by atoms with Gasteiger partial charge >= 0.3 is 0 Å². The number of aromatic nitrogens is 4. The van der Waals surface area contributed by atoms with Gasteiger partial charge in [-0.1, -0.05) is 29.8 Å². The largest absolute Gasteiger partial charge is 0.494 e. The molecule has 4 rings (SSSR count). The molecule has 24 heavy (non-hydrogen) atoms. The number of hydrogen-bond acceptors (Lipinski definition) is 5. The van der Waals surface area contributed by atoms with Crippen molar-refractivity contribution in [2.24, 2.45) is 0 Å². The number of rotatable bonds is 2. The number of benzene rings is 2. The van der Waals surface area contributed by atoms with E-state index in [0.717, 1.165) is 33.2 Å². The minimum atomic E-state index is 0.634. The molecule has 6 heteroatoms. The van der Waals surface area contributed by atoms with Crippen LogP contribution in [0.15, 0.2) is 42.7 Å². The van der Waals surface area contributed by atoms with E-state index in [4.69, 9.17) is 21.3 Å². The van der Waals surface area contributed by atoms with Gasteiger partial charge in [0.2, 0.25) is 0 Å². The highest BCUT2D eigenvalue weighted by molar-refractivity contribution is 6.33. The second kappa shape index (κ2) is 5.69. The predicted octanol–water partition coefficient (Wildman–Crippen LogP) is 4.21. The molecular formula is C18H13ClN4O. The van der Waals surface area contributed by atoms with Gasteiger partial charge in [-0.3, -0.25) is 9.97 Å². The van der Waals surface area contributed by atoms with E-state index in [1.807, 2.05) is 37.3 Å². The number of aryl methyl sites for hydroxylation is 1. The highest BCUT2D eigenvalue weighted by Gasteiger charge is 2.16. The Labute approximate surface area is 143 Å². The van der Waals surface area contributed by atoms with Gasteiger partial charge in [0.05, 0.1) is 35.6 Å². The Bertz CT molecular complexity index is 1080. The maximum absolute atomic E-state index is 6.41. The SMILES string of the molecule is COc1cc2c(-c3ccccc3Cl)nc(C)cnc2c2cnnc12. The Morgan fingerprint density at radius 1 is 1.04 bits per heavy atom. The van der Waals surface area contributed by atoms with Gasteiger partial charge in [0, 0.05) is 22.2 Å². The third-order valence-electron chi connectivity index (χ3n) is 3.89. The number of hydrogen-bond donors (Lipinski definition) is 0. The lowest BCUT2D eigenvalue weighted by Crippen LogP contribution is -1.89. The average molecular weight is 337 g/mol. The first-order chi connectivity index (χ1) is 11.7. The number of nitrogens with zero attached hydrogens (tertiary/aromatic N) is 4. The first-order valence-electron chi connectivity index (χ1n) is 7.39. The molecular weight excluding hydrogens is 324 g/mol. The van der Waals surface area contributed by atoms with Crippen molar-refractivity contribution >= 4 is 33.4 Å². The maximum Gasteiger partial charge on any atom is 0.147 e. The highest BCUT2D eigenvalue weighted by atomic mass is 35.5. The maximum atomic E-state index is 6.41. The molecule has 2 aromatic carbocycles. The van der Waals surface area contributed by atoms with E-state index in [1.165, 1.54) is 0 Å². The molecule has 0 aliphatic heterocycles. The van der Waals surface area contributed by atoms with Gasteiger partial charge in [0.25, 0.3) is 0 Å². The van der Waals surface area contributed by atoms with Crippen LogP contribution in [-0.4, -0.2) is 27.3 Å². The summed E-state index contributed by atoms with van der Waals surface area (Å²) < 4.78 is 5.48. The van der Waals surface area contributed by atoms with Crippen molar-refractivity contribution in [3.63, 3.8) is 0 Å². The lowest BCUT2D eigenvalue weighted by atomic mass is 10.0. The summed E-state index contributed by atoms with van der Waals surface area (Å²) in [6.07, 6.45) is 3.43. The minimum Gasteiger partial charge on any atom is -0.494 e. The number of methoxy groups -OCH3 is 1. The summed E-state index contributed by atoms with van der Waals surface area (Å²) in [6.45, 7) is 1.90. The van der Waals surface area contributed by atoms with E-state index in [2.05, 4.69) is 15.2 Å². The summed E-state index contributed by atoms with van der Waals surface area (Å²) in [5.74, 6) is 0.635. The number of fused-ring (bicyclic) bond motifs is 3. The zero-order chi connectivity index (χ0) is 16.7. The van der Waals surface area contributed by atoms with Crippen molar-refractivity contribution in [2.75, 3.05) is 7.11 Å². The van der Waals surface area contributed by atoms with Gasteiger partial charge in [-0.2, -0.15) is 5.10 Å². The predicted molar refractivity (Wildman–Crippen MR) is 94.4 cm³/mol. The smallest absolute Gasteiger partial charge is 0.147 e. The zero-order valence-electron chi connectivity index (χ0n) is 13.1. The molecule has 0 N–H and O–H groups in total. The van der Waals surface area contributed by atoms with E-state index < -0.39 is 0 Å². The van der Waals surface area contributed by atoms with Crippen LogP contribution in [0.5, 0.6) is 5.75 Å². The fraction of sp³-hybridized carbons (Fsp3) is 0.111. The van der Waals surface area contributed by atoms with Crippen molar-refractivity contribution < 1.29 is 4.74 Å². The van der Waals surface area contributed by atoms with Gasteiger partial charge < -0.3 is 4.74 Å². The van der Waals surface area contributed by atoms with Crippen molar-refractivity contribution in [2.45, 2.75) is 6.92 Å².